The Labute approximate surface area is 109 Å². The molecule has 7 heteroatoms. The van der Waals surface area contributed by atoms with E-state index in [1.807, 2.05) is 23.7 Å². The third kappa shape index (κ3) is 2.67. The Bertz CT molecular complexity index is 540. The molecule has 18 heavy (non-hydrogen) atoms. The van der Waals surface area contributed by atoms with E-state index in [4.69, 9.17) is 0 Å². The van der Waals surface area contributed by atoms with Gasteiger partial charge in [0.25, 0.3) is 0 Å². The van der Waals surface area contributed by atoms with Crippen LogP contribution < -0.4 is 5.32 Å². The van der Waals surface area contributed by atoms with Crippen molar-refractivity contribution in [3.63, 3.8) is 0 Å². The lowest BCUT2D eigenvalue weighted by molar-refractivity contribution is -0.118. The number of nitrogens with zero attached hydrogens (tertiary/aromatic N) is 4. The number of thioether (sulfide) groups is 1. The van der Waals surface area contributed by atoms with Crippen molar-refractivity contribution >= 4 is 17.7 Å². The molecular formula is C11H13N5OS. The number of nitrogens with one attached hydrogen (secondary N) is 1. The van der Waals surface area contributed by atoms with Gasteiger partial charge < -0.3 is 9.88 Å². The number of amides is 1. The minimum atomic E-state index is -0.0338. The molecule has 0 bridgehead atoms. The maximum atomic E-state index is 11.2. The highest BCUT2D eigenvalue weighted by molar-refractivity contribution is 7.99. The topological polar surface area (TPSA) is 72.7 Å². The Kier molecular flexibility index (Phi) is 3.93. The van der Waals surface area contributed by atoms with Crippen LogP contribution in [0.1, 0.15) is 0 Å². The van der Waals surface area contributed by atoms with E-state index in [2.05, 4.69) is 20.5 Å². The molecule has 0 spiro atoms. The molecule has 0 aromatic carbocycles. The van der Waals surface area contributed by atoms with Gasteiger partial charge in [-0.3, -0.25) is 9.78 Å². The summed E-state index contributed by atoms with van der Waals surface area (Å²) in [6, 6.07) is 3.74. The molecule has 0 aliphatic carbocycles. The van der Waals surface area contributed by atoms with Gasteiger partial charge in [-0.2, -0.15) is 0 Å². The van der Waals surface area contributed by atoms with Gasteiger partial charge in [0.1, 0.15) is 0 Å². The molecule has 2 rings (SSSR count). The van der Waals surface area contributed by atoms with Gasteiger partial charge in [0.2, 0.25) is 5.91 Å². The van der Waals surface area contributed by atoms with Crippen LogP contribution in [0.2, 0.25) is 0 Å². The third-order valence-electron chi connectivity index (χ3n) is 2.38. The van der Waals surface area contributed by atoms with Crippen LogP contribution in [0.15, 0.2) is 29.7 Å². The maximum absolute atomic E-state index is 11.2. The highest BCUT2D eigenvalue weighted by Gasteiger charge is 2.11. The number of rotatable bonds is 4. The standard InChI is InChI=1S/C11H13N5OS/c1-12-9(17)7-18-11-15-14-10(16(11)2)8-3-5-13-6-4-8/h3-6H,7H2,1-2H3,(H,12,17). The molecule has 2 heterocycles. The van der Waals surface area contributed by atoms with E-state index in [1.54, 1.807) is 19.4 Å². The summed E-state index contributed by atoms with van der Waals surface area (Å²) in [4.78, 5) is 15.1. The summed E-state index contributed by atoms with van der Waals surface area (Å²) < 4.78 is 1.86. The molecule has 0 aliphatic rings. The molecule has 0 unspecified atom stereocenters. The molecule has 2 aromatic heterocycles. The van der Waals surface area contributed by atoms with Crippen molar-refractivity contribution in [2.24, 2.45) is 7.05 Å². The molecule has 2 aromatic rings. The van der Waals surface area contributed by atoms with Crippen LogP contribution in [-0.2, 0) is 11.8 Å². The monoisotopic (exact) mass is 263 g/mol. The van der Waals surface area contributed by atoms with Crippen molar-refractivity contribution < 1.29 is 4.79 Å². The fourth-order valence-corrected chi connectivity index (χ4v) is 2.18. The van der Waals surface area contributed by atoms with Gasteiger partial charge >= 0.3 is 0 Å². The molecule has 0 saturated carbocycles. The smallest absolute Gasteiger partial charge is 0.230 e. The van der Waals surface area contributed by atoms with E-state index >= 15 is 0 Å². The number of aromatic nitrogens is 4. The average Bonchev–Trinajstić information content (AvgIpc) is 2.78. The summed E-state index contributed by atoms with van der Waals surface area (Å²) in [6.07, 6.45) is 3.42. The van der Waals surface area contributed by atoms with Gasteiger partial charge in [-0.15, -0.1) is 10.2 Å². The van der Waals surface area contributed by atoms with Crippen molar-refractivity contribution in [3.8, 4) is 11.4 Å². The zero-order valence-electron chi connectivity index (χ0n) is 10.1. The lowest BCUT2D eigenvalue weighted by Crippen LogP contribution is -2.20. The molecule has 1 N–H and O–H groups in total. The number of carbonyl (C=O) groups is 1. The van der Waals surface area contributed by atoms with Gasteiger partial charge in [0.15, 0.2) is 11.0 Å². The van der Waals surface area contributed by atoms with Crippen LogP contribution in [0.25, 0.3) is 11.4 Å². The molecule has 0 atom stereocenters. The number of carbonyl (C=O) groups excluding carboxylic acids is 1. The number of hydrogen-bond acceptors (Lipinski definition) is 5. The Hall–Kier alpha value is -1.89. The normalized spacial score (nSPS) is 10.3. The van der Waals surface area contributed by atoms with E-state index in [1.165, 1.54) is 11.8 Å². The van der Waals surface area contributed by atoms with Crippen molar-refractivity contribution in [3.05, 3.63) is 24.5 Å². The summed E-state index contributed by atoms with van der Waals surface area (Å²) in [7, 11) is 3.49. The second-order valence-electron chi connectivity index (χ2n) is 3.56. The Morgan fingerprint density at radius 2 is 2.11 bits per heavy atom. The highest BCUT2D eigenvalue weighted by Crippen LogP contribution is 2.21. The minimum absolute atomic E-state index is 0.0338. The molecular weight excluding hydrogens is 250 g/mol. The number of pyridine rings is 1. The van der Waals surface area contributed by atoms with Crippen LogP contribution >= 0.6 is 11.8 Å². The Morgan fingerprint density at radius 3 is 2.78 bits per heavy atom. The van der Waals surface area contributed by atoms with Crippen molar-refractivity contribution in [1.82, 2.24) is 25.1 Å². The molecule has 0 fully saturated rings. The second-order valence-corrected chi connectivity index (χ2v) is 4.51. The van der Waals surface area contributed by atoms with Crippen LogP contribution in [-0.4, -0.2) is 38.5 Å². The largest absolute Gasteiger partial charge is 0.358 e. The second kappa shape index (κ2) is 5.63. The summed E-state index contributed by atoms with van der Waals surface area (Å²) in [5.41, 5.74) is 0.951. The van der Waals surface area contributed by atoms with Crippen LogP contribution in [0.4, 0.5) is 0 Å². The summed E-state index contributed by atoms with van der Waals surface area (Å²) >= 11 is 1.36. The maximum Gasteiger partial charge on any atom is 0.230 e. The molecule has 94 valence electrons. The average molecular weight is 263 g/mol. The van der Waals surface area contributed by atoms with Crippen molar-refractivity contribution in [1.29, 1.82) is 0 Å². The lowest BCUT2D eigenvalue weighted by Gasteiger charge is -2.03. The van der Waals surface area contributed by atoms with E-state index in [0.29, 0.717) is 10.9 Å². The molecule has 0 saturated heterocycles. The van der Waals surface area contributed by atoms with Crippen LogP contribution in [0.5, 0.6) is 0 Å². The SMILES string of the molecule is CNC(=O)CSc1nnc(-c2ccncc2)n1C. The molecule has 0 aliphatic heterocycles. The van der Waals surface area contributed by atoms with Gasteiger partial charge in [-0.25, -0.2) is 0 Å². The molecule has 0 radical (unpaired) electrons. The lowest BCUT2D eigenvalue weighted by atomic mass is 10.2. The first-order chi connectivity index (χ1) is 8.72. The van der Waals surface area contributed by atoms with Crippen LogP contribution in [0.3, 0.4) is 0 Å². The highest BCUT2D eigenvalue weighted by atomic mass is 32.2. The van der Waals surface area contributed by atoms with Gasteiger partial charge in [-0.1, -0.05) is 11.8 Å². The first kappa shape index (κ1) is 12.6. The summed E-state index contributed by atoms with van der Waals surface area (Å²) in [6.45, 7) is 0. The minimum Gasteiger partial charge on any atom is -0.358 e. The summed E-state index contributed by atoms with van der Waals surface area (Å²) in [5.74, 6) is 1.06. The van der Waals surface area contributed by atoms with E-state index in [-0.39, 0.29) is 5.91 Å². The summed E-state index contributed by atoms with van der Waals surface area (Å²) in [5, 5.41) is 11.5. The Morgan fingerprint density at radius 1 is 1.39 bits per heavy atom. The quantitative estimate of drug-likeness (QED) is 0.823. The predicted molar refractivity (Wildman–Crippen MR) is 69.0 cm³/mol. The van der Waals surface area contributed by atoms with E-state index in [9.17, 15) is 4.79 Å². The first-order valence-electron chi connectivity index (χ1n) is 5.35. The zero-order chi connectivity index (χ0) is 13.0. The van der Waals surface area contributed by atoms with Crippen LogP contribution in [0, 0.1) is 0 Å². The van der Waals surface area contributed by atoms with Crippen molar-refractivity contribution in [2.45, 2.75) is 5.16 Å². The fourth-order valence-electron chi connectivity index (χ4n) is 1.40. The van der Waals surface area contributed by atoms with Crippen molar-refractivity contribution in [2.75, 3.05) is 12.8 Å². The van der Waals surface area contributed by atoms with Gasteiger partial charge in [-0.05, 0) is 12.1 Å². The van der Waals surface area contributed by atoms with E-state index in [0.717, 1.165) is 11.4 Å². The van der Waals surface area contributed by atoms with Gasteiger partial charge in [0.05, 0.1) is 5.75 Å². The third-order valence-corrected chi connectivity index (χ3v) is 3.40. The number of hydrogen-bond donors (Lipinski definition) is 1. The fraction of sp³-hybridized carbons (Fsp3) is 0.273. The molecule has 1 amide bonds. The Balaban J connectivity index is 2.17. The predicted octanol–water partition coefficient (Wildman–Crippen LogP) is 0.715. The zero-order valence-corrected chi connectivity index (χ0v) is 10.9. The first-order valence-corrected chi connectivity index (χ1v) is 6.34. The molecule has 6 nitrogen and oxygen atoms in total. The van der Waals surface area contributed by atoms with E-state index < -0.39 is 0 Å². The van der Waals surface area contributed by atoms with Gasteiger partial charge in [0, 0.05) is 32.1 Å².